The first kappa shape index (κ1) is 27.1. The van der Waals surface area contributed by atoms with E-state index >= 15 is 0 Å². The Labute approximate surface area is 187 Å². The molecule has 0 aliphatic rings. The van der Waals surface area contributed by atoms with Gasteiger partial charge in [0.25, 0.3) is 0 Å². The summed E-state index contributed by atoms with van der Waals surface area (Å²) in [6, 6.07) is 2.08. The van der Waals surface area contributed by atoms with Crippen LogP contribution in [0.4, 0.5) is 0 Å². The van der Waals surface area contributed by atoms with Crippen molar-refractivity contribution in [2.75, 3.05) is 0 Å². The van der Waals surface area contributed by atoms with Crippen LogP contribution in [-0.4, -0.2) is 27.5 Å². The molecule has 0 aromatic heterocycles. The Hall–Kier alpha value is -1.95. The largest absolute Gasteiger partial charge is 0.504 e. The summed E-state index contributed by atoms with van der Waals surface area (Å²) in [4.78, 5) is 12.0. The number of ether oxygens (including phenoxy) is 1. The fourth-order valence-corrected chi connectivity index (χ4v) is 3.70. The zero-order valence-corrected chi connectivity index (χ0v) is 19.3. The lowest BCUT2D eigenvalue weighted by atomic mass is 10.0. The Bertz CT molecular complexity index is 597. The smallest absolute Gasteiger partial charge is 0.339 e. The number of benzene rings is 1. The van der Waals surface area contributed by atoms with E-state index in [0.29, 0.717) is 6.42 Å². The summed E-state index contributed by atoms with van der Waals surface area (Å²) in [5, 5.41) is 28.3. The molecule has 0 fully saturated rings. The molecule has 0 aliphatic carbocycles. The monoisotopic (exact) mass is 437 g/mol. The molecule has 0 saturated heterocycles. The van der Waals surface area contributed by atoms with Crippen LogP contribution in [-0.2, 0) is 4.74 Å². The first-order valence-corrected chi connectivity index (χ1v) is 12.2. The number of phenolic OH excluding ortho intramolecular Hbond substituents is 3. The van der Waals surface area contributed by atoms with Crippen LogP contribution in [0.5, 0.6) is 17.2 Å². The highest BCUT2D eigenvalue weighted by molar-refractivity contribution is 5.91. The van der Waals surface area contributed by atoms with Crippen LogP contribution in [0.3, 0.4) is 0 Å². The summed E-state index contributed by atoms with van der Waals surface area (Å²) < 4.78 is 5.14. The highest BCUT2D eigenvalue weighted by Crippen LogP contribution is 2.35. The number of esters is 1. The Morgan fingerprint density at radius 3 is 1.58 bits per heavy atom. The molecule has 1 aromatic carbocycles. The average molecular weight is 438 g/mol. The summed E-state index contributed by atoms with van der Waals surface area (Å²) in [5.41, 5.74) is 5.80. The maximum atomic E-state index is 12.0. The van der Waals surface area contributed by atoms with Crippen molar-refractivity contribution in [2.45, 2.75) is 116 Å². The lowest BCUT2D eigenvalue weighted by Gasteiger charge is -2.13. The molecule has 31 heavy (non-hydrogen) atoms. The van der Waals surface area contributed by atoms with E-state index in [0.717, 1.165) is 31.4 Å². The van der Waals surface area contributed by atoms with Gasteiger partial charge < -0.3 is 20.1 Å². The standard InChI is InChI=1S/C25H43NO5/c1-2-3-4-5-6-7-8-9-10-11-12-13-14-15-16-17-23(26)31-25(30)20-18-21(27)24(29)22(28)19-20/h18-19,23,27-29H,2-17,26H2,1H3. The zero-order chi connectivity index (χ0) is 22.9. The van der Waals surface area contributed by atoms with Gasteiger partial charge in [0.2, 0.25) is 0 Å². The molecule has 0 aliphatic heterocycles. The van der Waals surface area contributed by atoms with Gasteiger partial charge in [-0.05, 0) is 25.0 Å². The van der Waals surface area contributed by atoms with E-state index in [1.165, 1.54) is 77.0 Å². The van der Waals surface area contributed by atoms with Crippen molar-refractivity contribution in [2.24, 2.45) is 5.73 Å². The number of rotatable bonds is 18. The van der Waals surface area contributed by atoms with Gasteiger partial charge in [-0.1, -0.05) is 96.8 Å². The van der Waals surface area contributed by atoms with Crippen molar-refractivity contribution in [3.05, 3.63) is 17.7 Å². The van der Waals surface area contributed by atoms with Gasteiger partial charge in [0.1, 0.15) is 0 Å². The zero-order valence-electron chi connectivity index (χ0n) is 19.3. The van der Waals surface area contributed by atoms with E-state index in [-0.39, 0.29) is 5.56 Å². The summed E-state index contributed by atoms with van der Waals surface area (Å²) in [5.74, 6) is -2.57. The minimum absolute atomic E-state index is 0.0558. The van der Waals surface area contributed by atoms with E-state index in [1.54, 1.807) is 0 Å². The molecule has 6 nitrogen and oxygen atoms in total. The number of unbranched alkanes of at least 4 members (excludes halogenated alkanes) is 14. The molecule has 1 rings (SSSR count). The van der Waals surface area contributed by atoms with E-state index in [9.17, 15) is 20.1 Å². The number of carbonyl (C=O) groups excluding carboxylic acids is 1. The highest BCUT2D eigenvalue weighted by atomic mass is 16.6. The van der Waals surface area contributed by atoms with Gasteiger partial charge in [-0.25, -0.2) is 4.79 Å². The molecular weight excluding hydrogens is 394 g/mol. The normalized spacial score (nSPS) is 12.1. The molecule has 0 saturated carbocycles. The fourth-order valence-electron chi connectivity index (χ4n) is 3.70. The van der Waals surface area contributed by atoms with Gasteiger partial charge in [0, 0.05) is 0 Å². The predicted molar refractivity (Wildman–Crippen MR) is 124 cm³/mol. The third-order valence-electron chi connectivity index (χ3n) is 5.66. The molecule has 1 unspecified atom stereocenters. The number of phenols is 3. The summed E-state index contributed by atoms with van der Waals surface area (Å²) in [6.07, 6.45) is 19.2. The van der Waals surface area contributed by atoms with Crippen molar-refractivity contribution in [3.63, 3.8) is 0 Å². The van der Waals surface area contributed by atoms with Crippen LogP contribution in [0.1, 0.15) is 120 Å². The maximum Gasteiger partial charge on any atom is 0.339 e. The van der Waals surface area contributed by atoms with Gasteiger partial charge in [-0.15, -0.1) is 0 Å². The number of hydrogen-bond acceptors (Lipinski definition) is 6. The molecule has 1 aromatic rings. The molecule has 0 heterocycles. The van der Waals surface area contributed by atoms with Crippen LogP contribution in [0.25, 0.3) is 0 Å². The Morgan fingerprint density at radius 2 is 1.16 bits per heavy atom. The minimum Gasteiger partial charge on any atom is -0.504 e. The molecule has 0 radical (unpaired) electrons. The van der Waals surface area contributed by atoms with Gasteiger partial charge in [-0.2, -0.15) is 0 Å². The molecule has 5 N–H and O–H groups in total. The van der Waals surface area contributed by atoms with E-state index in [2.05, 4.69) is 6.92 Å². The number of hydrogen-bond donors (Lipinski definition) is 4. The SMILES string of the molecule is CCCCCCCCCCCCCCCCCC(N)OC(=O)c1cc(O)c(O)c(O)c1. The van der Waals surface area contributed by atoms with Crippen molar-refractivity contribution >= 4 is 5.97 Å². The van der Waals surface area contributed by atoms with Gasteiger partial charge >= 0.3 is 5.97 Å². The average Bonchev–Trinajstić information content (AvgIpc) is 2.74. The van der Waals surface area contributed by atoms with Crippen LogP contribution in [0.2, 0.25) is 0 Å². The molecular formula is C25H43NO5. The molecule has 0 amide bonds. The van der Waals surface area contributed by atoms with Gasteiger partial charge in [0.05, 0.1) is 5.56 Å². The minimum atomic E-state index is -0.737. The van der Waals surface area contributed by atoms with Crippen molar-refractivity contribution in [1.29, 1.82) is 0 Å². The second kappa shape index (κ2) is 16.7. The van der Waals surface area contributed by atoms with Crippen LogP contribution >= 0.6 is 0 Å². The topological polar surface area (TPSA) is 113 Å². The van der Waals surface area contributed by atoms with Crippen LogP contribution in [0, 0.1) is 0 Å². The van der Waals surface area contributed by atoms with Crippen LogP contribution < -0.4 is 5.73 Å². The maximum absolute atomic E-state index is 12.0. The molecule has 0 spiro atoms. The third-order valence-corrected chi connectivity index (χ3v) is 5.66. The fraction of sp³-hybridized carbons (Fsp3) is 0.720. The summed E-state index contributed by atoms with van der Waals surface area (Å²) in [6.45, 7) is 2.26. The van der Waals surface area contributed by atoms with Crippen LogP contribution in [0.15, 0.2) is 12.1 Å². The van der Waals surface area contributed by atoms with Gasteiger partial charge in [-0.3, -0.25) is 5.73 Å². The molecule has 1 atom stereocenters. The molecule has 6 heteroatoms. The van der Waals surface area contributed by atoms with Crippen molar-refractivity contribution in [3.8, 4) is 17.2 Å². The Kier molecular flexibility index (Phi) is 14.6. The number of aromatic hydroxyl groups is 3. The summed E-state index contributed by atoms with van der Waals surface area (Å²) >= 11 is 0. The predicted octanol–water partition coefficient (Wildman–Crippen LogP) is 6.51. The van der Waals surface area contributed by atoms with Crippen molar-refractivity contribution in [1.82, 2.24) is 0 Å². The number of nitrogens with two attached hydrogens (primary N) is 1. The quantitative estimate of drug-likeness (QED) is 0.0901. The van der Waals surface area contributed by atoms with Gasteiger partial charge in [0.15, 0.2) is 23.5 Å². The Balaban J connectivity index is 1.97. The van der Waals surface area contributed by atoms with E-state index in [4.69, 9.17) is 10.5 Å². The second-order valence-corrected chi connectivity index (χ2v) is 8.55. The van der Waals surface area contributed by atoms with E-state index in [1.807, 2.05) is 0 Å². The highest BCUT2D eigenvalue weighted by Gasteiger charge is 2.17. The third kappa shape index (κ3) is 12.5. The Morgan fingerprint density at radius 1 is 0.774 bits per heavy atom. The lowest BCUT2D eigenvalue weighted by molar-refractivity contribution is 0.0291. The first-order valence-electron chi connectivity index (χ1n) is 12.2. The lowest BCUT2D eigenvalue weighted by Crippen LogP contribution is -2.27. The molecule has 0 bridgehead atoms. The summed E-state index contributed by atoms with van der Waals surface area (Å²) in [7, 11) is 0. The van der Waals surface area contributed by atoms with E-state index < -0.39 is 29.4 Å². The molecule has 178 valence electrons. The number of carbonyl (C=O) groups is 1. The second-order valence-electron chi connectivity index (χ2n) is 8.55. The first-order chi connectivity index (χ1) is 15.0. The van der Waals surface area contributed by atoms with Crippen molar-refractivity contribution < 1.29 is 24.9 Å².